The third-order valence-corrected chi connectivity index (χ3v) is 2.11. The molecule has 0 bridgehead atoms. The van der Waals surface area contributed by atoms with Gasteiger partial charge in [0.1, 0.15) is 4.32 Å². The first kappa shape index (κ1) is 12.2. The van der Waals surface area contributed by atoms with Gasteiger partial charge in [-0.2, -0.15) is 0 Å². The van der Waals surface area contributed by atoms with Gasteiger partial charge in [0.25, 0.3) is 0 Å². The molecule has 0 unspecified atom stereocenters. The van der Waals surface area contributed by atoms with E-state index in [1.807, 2.05) is 0 Å². The van der Waals surface area contributed by atoms with Crippen LogP contribution in [0.4, 0.5) is 0 Å². The first-order valence-corrected chi connectivity index (χ1v) is 5.59. The van der Waals surface area contributed by atoms with E-state index >= 15 is 0 Å². The van der Waals surface area contributed by atoms with Crippen molar-refractivity contribution in [2.45, 2.75) is 45.4 Å². The normalized spacial score (nSPS) is 9.83. The maximum atomic E-state index is 4.77. The molecule has 0 aliphatic carbocycles. The van der Waals surface area contributed by atoms with Crippen LogP contribution in [-0.2, 0) is 0 Å². The number of hydrogen-bond donors (Lipinski definition) is 2. The van der Waals surface area contributed by atoms with Crippen LogP contribution in [0.15, 0.2) is 0 Å². The van der Waals surface area contributed by atoms with Gasteiger partial charge < -0.3 is 5.32 Å². The fraction of sp³-hybridized carbons (Fsp3) is 0.889. The van der Waals surface area contributed by atoms with Gasteiger partial charge in [0.15, 0.2) is 0 Å². The highest BCUT2D eigenvalue weighted by atomic mass is 32.1. The van der Waals surface area contributed by atoms with Gasteiger partial charge in [-0.1, -0.05) is 51.2 Å². The zero-order valence-corrected chi connectivity index (χ0v) is 9.52. The Kier molecular flexibility index (Phi) is 9.52. The van der Waals surface area contributed by atoms with Crippen LogP contribution >= 0.6 is 24.8 Å². The molecular weight excluding hydrogens is 186 g/mol. The molecule has 0 rings (SSSR count). The van der Waals surface area contributed by atoms with Crippen molar-refractivity contribution >= 4 is 29.2 Å². The summed E-state index contributed by atoms with van der Waals surface area (Å²) in [5, 5.41) is 3.03. The van der Waals surface area contributed by atoms with Crippen molar-refractivity contribution < 1.29 is 0 Å². The lowest BCUT2D eigenvalue weighted by Gasteiger charge is -2.02. The van der Waals surface area contributed by atoms with Gasteiger partial charge in [0.2, 0.25) is 0 Å². The molecule has 0 aliphatic rings. The number of rotatable bonds is 7. The van der Waals surface area contributed by atoms with Crippen molar-refractivity contribution in [3.8, 4) is 0 Å². The minimum absolute atomic E-state index is 0.614. The number of thiol groups is 1. The number of thiocarbonyl (C=S) groups is 1. The second-order valence-electron chi connectivity index (χ2n) is 3.00. The van der Waals surface area contributed by atoms with Crippen LogP contribution in [-0.4, -0.2) is 10.9 Å². The zero-order chi connectivity index (χ0) is 9.23. The molecule has 0 radical (unpaired) electrons. The minimum Gasteiger partial charge on any atom is -0.371 e. The molecule has 0 aromatic carbocycles. The Bertz CT molecular complexity index is 115. The quantitative estimate of drug-likeness (QED) is 0.376. The van der Waals surface area contributed by atoms with E-state index in [0.29, 0.717) is 4.32 Å². The lowest BCUT2D eigenvalue weighted by atomic mass is 10.1. The largest absolute Gasteiger partial charge is 0.371 e. The summed E-state index contributed by atoms with van der Waals surface area (Å²) < 4.78 is 0.614. The van der Waals surface area contributed by atoms with Crippen LogP contribution in [0.3, 0.4) is 0 Å². The van der Waals surface area contributed by atoms with E-state index < -0.39 is 0 Å². The second-order valence-corrected chi connectivity index (χ2v) is 4.16. The molecule has 0 saturated heterocycles. The van der Waals surface area contributed by atoms with Gasteiger partial charge in [0, 0.05) is 6.54 Å². The Morgan fingerprint density at radius 3 is 2.33 bits per heavy atom. The van der Waals surface area contributed by atoms with Crippen molar-refractivity contribution in [3.05, 3.63) is 0 Å². The molecule has 0 aromatic heterocycles. The van der Waals surface area contributed by atoms with Crippen molar-refractivity contribution in [2.75, 3.05) is 6.54 Å². The molecule has 72 valence electrons. The molecular formula is C9H19NS2. The Labute approximate surface area is 86.7 Å². The zero-order valence-electron chi connectivity index (χ0n) is 7.81. The molecule has 1 nitrogen and oxygen atoms in total. The summed E-state index contributed by atoms with van der Waals surface area (Å²) in [6.07, 6.45) is 7.95. The van der Waals surface area contributed by atoms with Crippen LogP contribution in [0.1, 0.15) is 45.4 Å². The molecule has 3 heteroatoms. The molecule has 0 amide bonds. The van der Waals surface area contributed by atoms with E-state index in [4.69, 9.17) is 12.2 Å². The molecule has 1 N–H and O–H groups in total. The molecule has 12 heavy (non-hydrogen) atoms. The van der Waals surface area contributed by atoms with E-state index in [0.717, 1.165) is 6.54 Å². The molecule has 0 aromatic rings. The summed E-state index contributed by atoms with van der Waals surface area (Å²) >= 11 is 8.75. The summed E-state index contributed by atoms with van der Waals surface area (Å²) in [6.45, 7) is 3.22. The average Bonchev–Trinajstić information content (AvgIpc) is 2.02. The van der Waals surface area contributed by atoms with E-state index in [-0.39, 0.29) is 0 Å². The molecule has 0 heterocycles. The Hall–Kier alpha value is 0.240. The smallest absolute Gasteiger partial charge is 0.130 e. The van der Waals surface area contributed by atoms with Gasteiger partial charge >= 0.3 is 0 Å². The molecule has 0 fully saturated rings. The highest BCUT2D eigenvalue weighted by molar-refractivity contribution is 8.11. The maximum Gasteiger partial charge on any atom is 0.130 e. The van der Waals surface area contributed by atoms with Crippen LogP contribution in [0.2, 0.25) is 0 Å². The first-order valence-electron chi connectivity index (χ1n) is 4.74. The highest BCUT2D eigenvalue weighted by Gasteiger charge is 1.90. The number of nitrogens with one attached hydrogen (secondary N) is 1. The standard InChI is InChI=1S/C9H19NS2/c1-2-3-4-5-6-7-8-10-9(11)12/h2-8H2,1H3,(H2,10,11,12). The first-order chi connectivity index (χ1) is 5.77. The summed E-state index contributed by atoms with van der Waals surface area (Å²) in [7, 11) is 0. The van der Waals surface area contributed by atoms with E-state index in [2.05, 4.69) is 24.9 Å². The third kappa shape index (κ3) is 10.2. The van der Waals surface area contributed by atoms with E-state index in [1.165, 1.54) is 38.5 Å². The van der Waals surface area contributed by atoms with Crippen LogP contribution in [0.5, 0.6) is 0 Å². The van der Waals surface area contributed by atoms with Gasteiger partial charge in [-0.25, -0.2) is 0 Å². The predicted molar refractivity (Wildman–Crippen MR) is 63.0 cm³/mol. The van der Waals surface area contributed by atoms with Crippen LogP contribution in [0, 0.1) is 0 Å². The monoisotopic (exact) mass is 205 g/mol. The summed E-state index contributed by atoms with van der Waals surface area (Å²) in [6, 6.07) is 0. The molecule has 0 saturated carbocycles. The SMILES string of the molecule is CCCCCCCCNC(=S)S. The van der Waals surface area contributed by atoms with E-state index in [9.17, 15) is 0 Å². The van der Waals surface area contributed by atoms with Crippen molar-refractivity contribution in [2.24, 2.45) is 0 Å². The second kappa shape index (κ2) is 9.33. The predicted octanol–water partition coefficient (Wildman–Crippen LogP) is 3.15. The number of hydrogen-bond acceptors (Lipinski definition) is 1. The molecule has 0 aliphatic heterocycles. The lowest BCUT2D eigenvalue weighted by Crippen LogP contribution is -2.17. The van der Waals surface area contributed by atoms with Gasteiger partial charge in [-0.15, -0.1) is 12.6 Å². The topological polar surface area (TPSA) is 12.0 Å². The Morgan fingerprint density at radius 1 is 1.17 bits per heavy atom. The van der Waals surface area contributed by atoms with Gasteiger partial charge in [0.05, 0.1) is 0 Å². The summed E-state index contributed by atoms with van der Waals surface area (Å²) in [4.78, 5) is 0. The van der Waals surface area contributed by atoms with Crippen molar-refractivity contribution in [1.82, 2.24) is 5.32 Å². The van der Waals surface area contributed by atoms with Crippen LogP contribution < -0.4 is 5.32 Å². The fourth-order valence-electron chi connectivity index (χ4n) is 1.10. The fourth-order valence-corrected chi connectivity index (χ4v) is 1.31. The Balaban J connectivity index is 2.86. The van der Waals surface area contributed by atoms with Crippen molar-refractivity contribution in [1.29, 1.82) is 0 Å². The third-order valence-electron chi connectivity index (χ3n) is 1.81. The van der Waals surface area contributed by atoms with Gasteiger partial charge in [-0.05, 0) is 6.42 Å². The molecule has 0 atom stereocenters. The highest BCUT2D eigenvalue weighted by Crippen LogP contribution is 2.03. The molecule has 0 spiro atoms. The van der Waals surface area contributed by atoms with Crippen LogP contribution in [0.25, 0.3) is 0 Å². The van der Waals surface area contributed by atoms with E-state index in [1.54, 1.807) is 0 Å². The van der Waals surface area contributed by atoms with Gasteiger partial charge in [-0.3, -0.25) is 0 Å². The maximum absolute atomic E-state index is 4.77. The van der Waals surface area contributed by atoms with Crippen molar-refractivity contribution in [3.63, 3.8) is 0 Å². The summed E-state index contributed by atoms with van der Waals surface area (Å²) in [5.41, 5.74) is 0. The summed E-state index contributed by atoms with van der Waals surface area (Å²) in [5.74, 6) is 0. The number of unbranched alkanes of at least 4 members (excludes halogenated alkanes) is 5. The minimum atomic E-state index is 0.614. The Morgan fingerprint density at radius 2 is 1.75 bits per heavy atom. The lowest BCUT2D eigenvalue weighted by molar-refractivity contribution is 0.604. The average molecular weight is 205 g/mol.